The van der Waals surface area contributed by atoms with E-state index in [1.165, 1.54) is 0 Å². The highest BCUT2D eigenvalue weighted by Gasteiger charge is 2.25. The fourth-order valence-corrected chi connectivity index (χ4v) is 3.28. The van der Waals surface area contributed by atoms with Crippen molar-refractivity contribution in [2.24, 2.45) is 0 Å². The first-order chi connectivity index (χ1) is 13.5. The number of carbonyl (C=O) groups is 2. The number of carbonyl (C=O) groups excluding carboxylic acids is 2. The average Bonchev–Trinajstić information content (AvgIpc) is 3.13. The van der Waals surface area contributed by atoms with Crippen LogP contribution in [0.5, 0.6) is 0 Å². The second-order valence-corrected chi connectivity index (χ2v) is 7.22. The molecule has 1 saturated heterocycles. The molecule has 2 aromatic rings. The van der Waals surface area contributed by atoms with Crippen LogP contribution >= 0.6 is 23.8 Å². The third-order valence-electron chi connectivity index (χ3n) is 4.41. The highest BCUT2D eigenvalue weighted by molar-refractivity contribution is 7.80. The summed E-state index contributed by atoms with van der Waals surface area (Å²) in [5.74, 6) is -0.315. The van der Waals surface area contributed by atoms with Gasteiger partial charge < -0.3 is 10.2 Å². The number of hydrazine groups is 1. The van der Waals surface area contributed by atoms with E-state index in [9.17, 15) is 9.59 Å². The van der Waals surface area contributed by atoms with Gasteiger partial charge in [0.05, 0.1) is 11.3 Å². The first kappa shape index (κ1) is 20.1. The fourth-order valence-electron chi connectivity index (χ4n) is 3.00. The van der Waals surface area contributed by atoms with Crippen molar-refractivity contribution in [1.82, 2.24) is 16.2 Å². The number of hydrogen-bond acceptors (Lipinski definition) is 3. The van der Waals surface area contributed by atoms with Crippen molar-refractivity contribution in [3.63, 3.8) is 0 Å². The molecule has 146 valence electrons. The van der Waals surface area contributed by atoms with Gasteiger partial charge in [0.2, 0.25) is 5.91 Å². The molecule has 2 aromatic carbocycles. The summed E-state index contributed by atoms with van der Waals surface area (Å²) < 4.78 is 0. The summed E-state index contributed by atoms with van der Waals surface area (Å²) in [4.78, 5) is 26.2. The van der Waals surface area contributed by atoms with E-state index in [4.69, 9.17) is 23.8 Å². The third-order valence-corrected chi connectivity index (χ3v) is 4.91. The molecule has 0 radical (unpaired) electrons. The number of amides is 2. The Morgan fingerprint density at radius 1 is 1.11 bits per heavy atom. The topological polar surface area (TPSA) is 73.5 Å². The van der Waals surface area contributed by atoms with E-state index in [0.29, 0.717) is 40.9 Å². The van der Waals surface area contributed by atoms with Crippen molar-refractivity contribution in [3.8, 4) is 0 Å². The quantitative estimate of drug-likeness (QED) is 0.516. The summed E-state index contributed by atoms with van der Waals surface area (Å²) in [6, 6.07) is 14.6. The van der Waals surface area contributed by atoms with Crippen molar-refractivity contribution in [2.75, 3.05) is 18.0 Å². The molecule has 1 aliphatic heterocycles. The standard InChI is InChI=1S/C20H21ClN4O2S/c21-15-9-7-14(8-10-15)11-12-22-20(28)24-23-19(27)16-4-1-2-5-17(16)25-13-3-6-18(25)26/h1-2,4-5,7-10H,3,6,11-13H2,(H,23,27)(H2,22,24,28). The maximum atomic E-state index is 12.5. The molecular formula is C20H21ClN4O2S. The summed E-state index contributed by atoms with van der Waals surface area (Å²) in [7, 11) is 0. The largest absolute Gasteiger partial charge is 0.361 e. The Morgan fingerprint density at radius 2 is 1.86 bits per heavy atom. The molecule has 3 rings (SSSR count). The molecule has 0 aromatic heterocycles. The second kappa shape index (κ2) is 9.52. The summed E-state index contributed by atoms with van der Waals surface area (Å²) >= 11 is 11.1. The molecule has 0 bridgehead atoms. The zero-order chi connectivity index (χ0) is 19.9. The van der Waals surface area contributed by atoms with Gasteiger partial charge in [0, 0.05) is 24.5 Å². The first-order valence-corrected chi connectivity index (χ1v) is 9.81. The number of anilines is 1. The first-order valence-electron chi connectivity index (χ1n) is 9.02. The van der Waals surface area contributed by atoms with E-state index < -0.39 is 0 Å². The zero-order valence-electron chi connectivity index (χ0n) is 15.2. The lowest BCUT2D eigenvalue weighted by Gasteiger charge is -2.19. The van der Waals surface area contributed by atoms with Crippen LogP contribution in [0.3, 0.4) is 0 Å². The minimum atomic E-state index is -0.350. The number of hydrogen-bond donors (Lipinski definition) is 3. The van der Waals surface area contributed by atoms with Crippen LogP contribution < -0.4 is 21.1 Å². The van der Waals surface area contributed by atoms with Gasteiger partial charge in [-0.2, -0.15) is 0 Å². The minimum absolute atomic E-state index is 0.0348. The second-order valence-electron chi connectivity index (χ2n) is 6.38. The van der Waals surface area contributed by atoms with Crippen LogP contribution in [0.2, 0.25) is 5.02 Å². The summed E-state index contributed by atoms with van der Waals surface area (Å²) in [6.07, 6.45) is 2.08. The van der Waals surface area contributed by atoms with Gasteiger partial charge in [-0.05, 0) is 54.9 Å². The summed E-state index contributed by atoms with van der Waals surface area (Å²) in [6.45, 7) is 1.24. The van der Waals surface area contributed by atoms with Crippen molar-refractivity contribution >= 4 is 46.4 Å². The van der Waals surface area contributed by atoms with Crippen LogP contribution in [-0.2, 0) is 11.2 Å². The smallest absolute Gasteiger partial charge is 0.271 e. The van der Waals surface area contributed by atoms with E-state index in [2.05, 4.69) is 16.2 Å². The highest BCUT2D eigenvalue weighted by Crippen LogP contribution is 2.25. The van der Waals surface area contributed by atoms with Crippen LogP contribution in [0.15, 0.2) is 48.5 Å². The van der Waals surface area contributed by atoms with Gasteiger partial charge in [0.1, 0.15) is 0 Å². The summed E-state index contributed by atoms with van der Waals surface area (Å²) in [5, 5.41) is 4.06. The molecule has 1 fully saturated rings. The van der Waals surface area contributed by atoms with Crippen molar-refractivity contribution in [2.45, 2.75) is 19.3 Å². The SMILES string of the molecule is O=C(NNC(=S)NCCc1ccc(Cl)cc1)c1ccccc1N1CCCC1=O. The summed E-state index contributed by atoms with van der Waals surface area (Å²) in [5.41, 5.74) is 7.46. The number of para-hydroxylation sites is 1. The number of halogens is 1. The van der Waals surface area contributed by atoms with Crippen molar-refractivity contribution in [3.05, 3.63) is 64.7 Å². The monoisotopic (exact) mass is 416 g/mol. The van der Waals surface area contributed by atoms with Gasteiger partial charge in [-0.3, -0.25) is 20.4 Å². The molecular weight excluding hydrogens is 396 g/mol. The maximum Gasteiger partial charge on any atom is 0.271 e. The van der Waals surface area contributed by atoms with E-state index in [1.807, 2.05) is 30.3 Å². The predicted octanol–water partition coefficient (Wildman–Crippen LogP) is 2.82. The fraction of sp³-hybridized carbons (Fsp3) is 0.250. The molecule has 6 nitrogen and oxygen atoms in total. The molecule has 0 aliphatic carbocycles. The normalized spacial score (nSPS) is 13.3. The number of rotatable bonds is 5. The van der Waals surface area contributed by atoms with Crippen LogP contribution in [0.25, 0.3) is 0 Å². The number of thiocarbonyl (C=S) groups is 1. The molecule has 0 saturated carbocycles. The molecule has 1 heterocycles. The minimum Gasteiger partial charge on any atom is -0.361 e. The van der Waals surface area contributed by atoms with E-state index in [0.717, 1.165) is 18.4 Å². The number of benzene rings is 2. The van der Waals surface area contributed by atoms with Gasteiger partial charge in [-0.1, -0.05) is 35.9 Å². The molecule has 8 heteroatoms. The molecule has 0 unspecified atom stereocenters. The van der Waals surface area contributed by atoms with E-state index in [-0.39, 0.29) is 11.8 Å². The van der Waals surface area contributed by atoms with Gasteiger partial charge in [-0.25, -0.2) is 0 Å². The highest BCUT2D eigenvalue weighted by atomic mass is 35.5. The predicted molar refractivity (Wildman–Crippen MR) is 114 cm³/mol. The Hall–Kier alpha value is -2.64. The van der Waals surface area contributed by atoms with Gasteiger partial charge in [0.25, 0.3) is 5.91 Å². The van der Waals surface area contributed by atoms with Crippen molar-refractivity contribution in [1.29, 1.82) is 0 Å². The third kappa shape index (κ3) is 5.21. The maximum absolute atomic E-state index is 12.5. The lowest BCUT2D eigenvalue weighted by Crippen LogP contribution is -2.47. The molecule has 0 atom stereocenters. The Balaban J connectivity index is 1.49. The number of nitrogens with zero attached hydrogens (tertiary/aromatic N) is 1. The van der Waals surface area contributed by atoms with Crippen LogP contribution in [0.4, 0.5) is 5.69 Å². The Labute approximate surface area is 174 Å². The van der Waals surface area contributed by atoms with E-state index in [1.54, 1.807) is 23.1 Å². The lowest BCUT2D eigenvalue weighted by atomic mass is 10.1. The number of nitrogens with one attached hydrogen (secondary N) is 3. The lowest BCUT2D eigenvalue weighted by molar-refractivity contribution is -0.117. The van der Waals surface area contributed by atoms with Gasteiger partial charge in [0.15, 0.2) is 5.11 Å². The van der Waals surface area contributed by atoms with Gasteiger partial charge >= 0.3 is 0 Å². The van der Waals surface area contributed by atoms with Crippen LogP contribution in [0, 0.1) is 0 Å². The van der Waals surface area contributed by atoms with Crippen molar-refractivity contribution < 1.29 is 9.59 Å². The molecule has 0 spiro atoms. The van der Waals surface area contributed by atoms with Crippen LogP contribution in [-0.4, -0.2) is 30.0 Å². The molecule has 1 aliphatic rings. The zero-order valence-corrected chi connectivity index (χ0v) is 16.8. The average molecular weight is 417 g/mol. The van der Waals surface area contributed by atoms with Crippen LogP contribution in [0.1, 0.15) is 28.8 Å². The Morgan fingerprint density at radius 3 is 2.57 bits per heavy atom. The van der Waals surface area contributed by atoms with Gasteiger partial charge in [-0.15, -0.1) is 0 Å². The molecule has 28 heavy (non-hydrogen) atoms. The Bertz CT molecular complexity index is 873. The molecule has 2 amide bonds. The van der Waals surface area contributed by atoms with E-state index >= 15 is 0 Å². The molecule has 3 N–H and O–H groups in total. The Kier molecular flexibility index (Phi) is 6.84.